The number of nitrogens with two attached hydrogens (primary N) is 2. The van der Waals surface area contributed by atoms with Crippen LogP contribution in [0.3, 0.4) is 0 Å². The van der Waals surface area contributed by atoms with Gasteiger partial charge in [0.1, 0.15) is 0 Å². The predicted molar refractivity (Wildman–Crippen MR) is 124 cm³/mol. The van der Waals surface area contributed by atoms with E-state index in [0.717, 1.165) is 0 Å². The molecule has 0 radical (unpaired) electrons. The minimum Gasteiger partial charge on any atom is -0.463 e. The van der Waals surface area contributed by atoms with E-state index >= 15 is 0 Å². The Bertz CT molecular complexity index is 839. The lowest BCUT2D eigenvalue weighted by atomic mass is 9.80. The van der Waals surface area contributed by atoms with Crippen molar-refractivity contribution in [1.82, 2.24) is 5.32 Å². The van der Waals surface area contributed by atoms with Crippen LogP contribution < -0.4 is 16.8 Å². The molecule has 0 atom stereocenters. The van der Waals surface area contributed by atoms with Crippen LogP contribution in [0.5, 0.6) is 0 Å². The highest BCUT2D eigenvalue weighted by atomic mass is 35.5. The van der Waals surface area contributed by atoms with Crippen LogP contribution in [0.1, 0.15) is 25.3 Å². The highest BCUT2D eigenvalue weighted by molar-refractivity contribution is 6.31. The molecule has 0 amide bonds. The number of nitrogens with one attached hydrogen (secondary N) is 1. The summed E-state index contributed by atoms with van der Waals surface area (Å²) in [5.74, 6) is -2.04. The van der Waals surface area contributed by atoms with Crippen LogP contribution in [0.2, 0.25) is 5.02 Å². The molecule has 182 valence electrons. The first-order valence-corrected chi connectivity index (χ1v) is 11.2. The Kier molecular flexibility index (Phi) is 11.4. The van der Waals surface area contributed by atoms with E-state index < -0.39 is 17.9 Å². The maximum absolute atomic E-state index is 13.2. The maximum atomic E-state index is 13.2. The average molecular weight is 482 g/mol. The Labute approximate surface area is 199 Å². The van der Waals surface area contributed by atoms with E-state index in [9.17, 15) is 9.59 Å². The molecule has 0 aliphatic carbocycles. The highest BCUT2D eigenvalue weighted by Gasteiger charge is 2.40. The number of rotatable bonds is 13. The van der Waals surface area contributed by atoms with Crippen LogP contribution in [0, 0.1) is 0 Å². The summed E-state index contributed by atoms with van der Waals surface area (Å²) in [6, 6.07) is 7.00. The summed E-state index contributed by atoms with van der Waals surface area (Å²) in [5.41, 5.74) is 13.0. The van der Waals surface area contributed by atoms with E-state index in [1.807, 2.05) is 0 Å². The first kappa shape index (κ1) is 26.8. The third kappa shape index (κ3) is 7.02. The molecule has 9 nitrogen and oxygen atoms in total. The predicted octanol–water partition coefficient (Wildman–Crippen LogP) is 1.61. The van der Waals surface area contributed by atoms with E-state index in [1.165, 1.54) is 0 Å². The van der Waals surface area contributed by atoms with E-state index in [-0.39, 0.29) is 50.8 Å². The molecule has 0 saturated carbocycles. The summed E-state index contributed by atoms with van der Waals surface area (Å²) < 4.78 is 22.0. The number of esters is 2. The van der Waals surface area contributed by atoms with E-state index in [2.05, 4.69) is 5.32 Å². The van der Waals surface area contributed by atoms with Gasteiger partial charge in [-0.05, 0) is 25.5 Å². The Hall–Kier alpha value is -2.43. The largest absolute Gasteiger partial charge is 0.463 e. The molecule has 1 aliphatic heterocycles. The molecule has 2 rings (SSSR count). The highest BCUT2D eigenvalue weighted by Crippen LogP contribution is 2.42. The number of carbonyl (C=O) groups excluding carboxylic acids is 2. The number of ether oxygens (including phenoxy) is 4. The fraction of sp³-hybridized carbons (Fsp3) is 0.478. The zero-order valence-electron chi connectivity index (χ0n) is 19.0. The number of carbonyl (C=O) groups is 2. The van der Waals surface area contributed by atoms with E-state index in [4.69, 9.17) is 42.0 Å². The normalized spacial score (nSPS) is 14.3. The number of benzene rings is 1. The topological polar surface area (TPSA) is 135 Å². The monoisotopic (exact) mass is 481 g/mol. The number of dihydropyridines is 1. The van der Waals surface area contributed by atoms with Crippen molar-refractivity contribution in [3.8, 4) is 0 Å². The molecule has 0 fully saturated rings. The van der Waals surface area contributed by atoms with Crippen molar-refractivity contribution in [2.24, 2.45) is 11.5 Å². The molecule has 0 spiro atoms. The van der Waals surface area contributed by atoms with Crippen molar-refractivity contribution in [3.63, 3.8) is 0 Å². The summed E-state index contributed by atoms with van der Waals surface area (Å²) in [5, 5.41) is 3.54. The smallest absolute Gasteiger partial charge is 0.336 e. The minimum atomic E-state index is -0.856. The SMILES string of the molecule is CCOC(=O)C1=C(COCCN)NC(COCCN)=C(C(=O)OCC)C1c1ccccc1Cl. The van der Waals surface area contributed by atoms with Crippen LogP contribution >= 0.6 is 11.6 Å². The van der Waals surface area contributed by atoms with Crippen LogP contribution in [-0.4, -0.2) is 64.7 Å². The van der Waals surface area contributed by atoms with Gasteiger partial charge < -0.3 is 35.7 Å². The average Bonchev–Trinajstić information content (AvgIpc) is 2.79. The minimum absolute atomic E-state index is 0.0444. The first-order valence-electron chi connectivity index (χ1n) is 10.9. The first-order chi connectivity index (χ1) is 16.0. The molecular formula is C23H32ClN3O6. The van der Waals surface area contributed by atoms with Gasteiger partial charge in [0.25, 0.3) is 0 Å². The van der Waals surface area contributed by atoms with Crippen molar-refractivity contribution in [2.45, 2.75) is 19.8 Å². The lowest BCUT2D eigenvalue weighted by Gasteiger charge is -2.33. The van der Waals surface area contributed by atoms with Gasteiger partial charge in [-0.2, -0.15) is 0 Å². The Morgan fingerprint density at radius 3 is 1.82 bits per heavy atom. The van der Waals surface area contributed by atoms with Crippen LogP contribution in [-0.2, 0) is 28.5 Å². The van der Waals surface area contributed by atoms with Gasteiger partial charge in [-0.15, -0.1) is 0 Å². The summed E-state index contributed by atoms with van der Waals surface area (Å²) in [6.45, 7) is 5.00. The molecule has 33 heavy (non-hydrogen) atoms. The standard InChI is InChI=1S/C23H32ClN3O6/c1-3-32-22(28)20-17(13-30-11-9-25)27-18(14-31-12-10-26)21(23(29)33-4-2)19(20)15-7-5-6-8-16(15)24/h5-8,19,27H,3-4,9-14,25-26H2,1-2H3. The Morgan fingerprint density at radius 2 is 1.39 bits per heavy atom. The van der Waals surface area contributed by atoms with E-state index in [0.29, 0.717) is 35.1 Å². The van der Waals surface area contributed by atoms with Gasteiger partial charge in [-0.25, -0.2) is 9.59 Å². The second kappa shape index (κ2) is 14.0. The maximum Gasteiger partial charge on any atom is 0.336 e. The van der Waals surface area contributed by atoms with Gasteiger partial charge in [0.2, 0.25) is 0 Å². The van der Waals surface area contributed by atoms with Crippen LogP contribution in [0.25, 0.3) is 0 Å². The van der Waals surface area contributed by atoms with Crippen molar-refractivity contribution < 1.29 is 28.5 Å². The summed E-state index contributed by atoms with van der Waals surface area (Å²) in [6.07, 6.45) is 0. The quantitative estimate of drug-likeness (QED) is 0.283. The van der Waals surface area contributed by atoms with Gasteiger partial charge in [-0.3, -0.25) is 0 Å². The second-order valence-electron chi connectivity index (χ2n) is 6.99. The number of halogens is 1. The zero-order chi connectivity index (χ0) is 24.2. The van der Waals surface area contributed by atoms with Crippen LogP contribution in [0.4, 0.5) is 0 Å². The molecule has 0 aromatic heterocycles. The molecule has 1 aromatic carbocycles. The summed E-state index contributed by atoms with van der Waals surface area (Å²) >= 11 is 6.54. The van der Waals surface area contributed by atoms with Crippen molar-refractivity contribution in [2.75, 3.05) is 52.7 Å². The Balaban J connectivity index is 2.72. The molecular weight excluding hydrogens is 450 g/mol. The molecule has 5 N–H and O–H groups in total. The molecule has 1 aliphatic rings. The van der Waals surface area contributed by atoms with Gasteiger partial charge >= 0.3 is 11.9 Å². The molecule has 0 unspecified atom stereocenters. The van der Waals surface area contributed by atoms with Crippen molar-refractivity contribution in [1.29, 1.82) is 0 Å². The summed E-state index contributed by atoms with van der Waals surface area (Å²) in [7, 11) is 0. The third-order valence-corrected chi connectivity index (χ3v) is 5.10. The van der Waals surface area contributed by atoms with Gasteiger partial charge in [0.15, 0.2) is 0 Å². The lowest BCUT2D eigenvalue weighted by Crippen LogP contribution is -2.37. The molecule has 0 saturated heterocycles. The van der Waals surface area contributed by atoms with Crippen molar-refractivity contribution >= 4 is 23.5 Å². The molecule has 10 heteroatoms. The fourth-order valence-electron chi connectivity index (χ4n) is 3.47. The fourth-order valence-corrected chi connectivity index (χ4v) is 3.72. The van der Waals surface area contributed by atoms with Crippen LogP contribution in [0.15, 0.2) is 46.8 Å². The third-order valence-electron chi connectivity index (χ3n) is 4.75. The summed E-state index contributed by atoms with van der Waals surface area (Å²) in [4.78, 5) is 26.3. The van der Waals surface area contributed by atoms with Crippen molar-refractivity contribution in [3.05, 3.63) is 57.4 Å². The Morgan fingerprint density at radius 1 is 0.909 bits per heavy atom. The zero-order valence-corrected chi connectivity index (χ0v) is 19.8. The number of hydrogen-bond acceptors (Lipinski definition) is 9. The van der Waals surface area contributed by atoms with Gasteiger partial charge in [0.05, 0.1) is 68.1 Å². The van der Waals surface area contributed by atoms with Gasteiger partial charge in [0, 0.05) is 18.1 Å². The van der Waals surface area contributed by atoms with E-state index in [1.54, 1.807) is 38.1 Å². The molecule has 1 heterocycles. The molecule has 0 bridgehead atoms. The second-order valence-corrected chi connectivity index (χ2v) is 7.39. The lowest BCUT2D eigenvalue weighted by molar-refractivity contribution is -0.139. The molecule has 1 aromatic rings. The number of hydrogen-bond donors (Lipinski definition) is 3. The van der Waals surface area contributed by atoms with Gasteiger partial charge in [-0.1, -0.05) is 29.8 Å².